The van der Waals surface area contributed by atoms with E-state index in [1.165, 1.54) is 4.90 Å². The molecule has 2 aromatic carbocycles. The molecular formula is C20H18F6N2O3S. The summed E-state index contributed by atoms with van der Waals surface area (Å²) in [4.78, 5) is 14.1. The van der Waals surface area contributed by atoms with E-state index in [0.717, 1.165) is 0 Å². The number of hydrogen-bond donors (Lipinski definition) is 1. The van der Waals surface area contributed by atoms with Gasteiger partial charge in [0.15, 0.2) is 9.84 Å². The van der Waals surface area contributed by atoms with Gasteiger partial charge in [-0.2, -0.15) is 26.3 Å². The highest BCUT2D eigenvalue weighted by Gasteiger charge is 2.38. The number of para-hydroxylation sites is 1. The van der Waals surface area contributed by atoms with Gasteiger partial charge in [-0.05, 0) is 36.8 Å². The van der Waals surface area contributed by atoms with Crippen LogP contribution in [0.1, 0.15) is 17.5 Å². The van der Waals surface area contributed by atoms with Gasteiger partial charge in [0, 0.05) is 11.4 Å². The molecule has 1 fully saturated rings. The van der Waals surface area contributed by atoms with E-state index in [-0.39, 0.29) is 24.0 Å². The summed E-state index contributed by atoms with van der Waals surface area (Å²) in [5.74, 6) is -1.09. The number of benzene rings is 2. The van der Waals surface area contributed by atoms with Gasteiger partial charge in [0.2, 0.25) is 5.91 Å². The van der Waals surface area contributed by atoms with Gasteiger partial charge in [-0.15, -0.1) is 0 Å². The molecule has 12 heteroatoms. The molecule has 174 valence electrons. The summed E-state index contributed by atoms with van der Waals surface area (Å²) in [7, 11) is -3.36. The van der Waals surface area contributed by atoms with Crippen LogP contribution in [0.2, 0.25) is 0 Å². The third kappa shape index (κ3) is 5.72. The number of halogens is 6. The molecule has 1 heterocycles. The van der Waals surface area contributed by atoms with Crippen molar-refractivity contribution >= 4 is 27.1 Å². The molecule has 0 aliphatic carbocycles. The molecule has 2 aromatic rings. The second-order valence-electron chi connectivity index (χ2n) is 7.30. The van der Waals surface area contributed by atoms with Gasteiger partial charge in [-0.25, -0.2) is 8.42 Å². The molecular weight excluding hydrogens is 462 g/mol. The van der Waals surface area contributed by atoms with Gasteiger partial charge >= 0.3 is 12.4 Å². The summed E-state index contributed by atoms with van der Waals surface area (Å²) >= 11 is 0. The fourth-order valence-electron chi connectivity index (χ4n) is 3.45. The maximum Gasteiger partial charge on any atom is 0.416 e. The lowest BCUT2D eigenvalue weighted by Crippen LogP contribution is -2.44. The topological polar surface area (TPSA) is 66.5 Å². The minimum absolute atomic E-state index is 0.00728. The summed E-state index contributed by atoms with van der Waals surface area (Å²) < 4.78 is 102. The van der Waals surface area contributed by atoms with Crippen LogP contribution in [0, 0.1) is 0 Å². The van der Waals surface area contributed by atoms with Crippen molar-refractivity contribution < 1.29 is 39.6 Å². The van der Waals surface area contributed by atoms with Gasteiger partial charge in [-0.3, -0.25) is 4.79 Å². The van der Waals surface area contributed by atoms with Crippen molar-refractivity contribution in [2.24, 2.45) is 0 Å². The average Bonchev–Trinajstić information content (AvgIpc) is 3.05. The van der Waals surface area contributed by atoms with E-state index in [9.17, 15) is 39.6 Å². The number of rotatable bonds is 5. The molecule has 32 heavy (non-hydrogen) atoms. The van der Waals surface area contributed by atoms with Gasteiger partial charge < -0.3 is 10.2 Å². The number of nitrogens with one attached hydrogen (secondary N) is 1. The third-order valence-electron chi connectivity index (χ3n) is 4.91. The number of hydrogen-bond acceptors (Lipinski definition) is 4. The van der Waals surface area contributed by atoms with Crippen molar-refractivity contribution in [3.05, 3.63) is 59.7 Å². The lowest BCUT2D eigenvalue weighted by molar-refractivity contribution is -0.143. The summed E-state index contributed by atoms with van der Waals surface area (Å²) in [5.41, 5.74) is -3.18. The molecule has 1 amide bonds. The largest absolute Gasteiger partial charge is 0.416 e. The average molecular weight is 480 g/mol. The Bertz CT molecular complexity index is 1050. The number of alkyl halides is 6. The maximum atomic E-state index is 13.0. The van der Waals surface area contributed by atoms with Gasteiger partial charge in [0.05, 0.1) is 35.2 Å². The first-order valence-corrected chi connectivity index (χ1v) is 11.2. The van der Waals surface area contributed by atoms with E-state index >= 15 is 0 Å². The Morgan fingerprint density at radius 1 is 0.969 bits per heavy atom. The van der Waals surface area contributed by atoms with E-state index in [4.69, 9.17) is 0 Å². The molecule has 0 radical (unpaired) electrons. The molecule has 1 aliphatic rings. The number of nitrogens with zero attached hydrogens (tertiary/aromatic N) is 1. The summed E-state index contributed by atoms with van der Waals surface area (Å²) in [5, 5.41) is 2.32. The number of carbonyl (C=O) groups excluding carboxylic acids is 1. The Morgan fingerprint density at radius 3 is 2.00 bits per heavy atom. The molecule has 0 saturated carbocycles. The summed E-state index contributed by atoms with van der Waals surface area (Å²) in [6, 6.07) is 8.31. The maximum absolute atomic E-state index is 13.0. The van der Waals surface area contributed by atoms with Crippen molar-refractivity contribution in [2.45, 2.75) is 24.8 Å². The predicted octanol–water partition coefficient (Wildman–Crippen LogP) is 4.36. The Kier molecular flexibility index (Phi) is 6.45. The Hall–Kier alpha value is -2.76. The SMILES string of the molecule is O=C(CNc1cc(C(F)(F)F)cc(C(F)(F)F)c1)N(c1ccccc1)[C@H]1CCS(=O)(=O)C1. The normalized spacial score (nSPS) is 18.4. The van der Waals surface area contributed by atoms with Gasteiger partial charge in [0.25, 0.3) is 0 Å². The van der Waals surface area contributed by atoms with Crippen LogP contribution in [0.5, 0.6) is 0 Å². The highest BCUT2D eigenvalue weighted by molar-refractivity contribution is 7.91. The molecule has 5 nitrogen and oxygen atoms in total. The number of anilines is 2. The molecule has 3 rings (SSSR count). The van der Waals surface area contributed by atoms with Crippen molar-refractivity contribution in [1.82, 2.24) is 0 Å². The summed E-state index contributed by atoms with van der Waals surface area (Å²) in [6.45, 7) is -0.635. The fraction of sp³-hybridized carbons (Fsp3) is 0.350. The molecule has 0 unspecified atom stereocenters. The second-order valence-corrected chi connectivity index (χ2v) is 9.53. The monoisotopic (exact) mass is 480 g/mol. The van der Waals surface area contributed by atoms with Crippen LogP contribution in [-0.2, 0) is 27.0 Å². The second kappa shape index (κ2) is 8.64. The molecule has 1 atom stereocenters. The molecule has 0 aromatic heterocycles. The smallest absolute Gasteiger partial charge is 0.376 e. The zero-order chi connectivity index (χ0) is 23.7. The van der Waals surface area contributed by atoms with Crippen LogP contribution in [0.15, 0.2) is 48.5 Å². The lowest BCUT2D eigenvalue weighted by atomic mass is 10.1. The first kappa shape index (κ1) is 23.9. The molecule has 0 spiro atoms. The number of carbonyl (C=O) groups is 1. The third-order valence-corrected chi connectivity index (χ3v) is 6.66. The van der Waals surface area contributed by atoms with Crippen LogP contribution >= 0.6 is 0 Å². The van der Waals surface area contributed by atoms with Crippen LogP contribution in [-0.4, -0.2) is 38.4 Å². The number of amides is 1. The van der Waals surface area contributed by atoms with E-state index < -0.39 is 57.5 Å². The Balaban J connectivity index is 1.86. The highest BCUT2D eigenvalue weighted by Crippen LogP contribution is 2.37. The quantitative estimate of drug-likeness (QED) is 0.646. The number of sulfone groups is 1. The molecule has 1 aliphatic heterocycles. The van der Waals surface area contributed by atoms with E-state index in [1.54, 1.807) is 30.3 Å². The zero-order valence-electron chi connectivity index (χ0n) is 16.4. The highest BCUT2D eigenvalue weighted by atomic mass is 32.2. The van der Waals surface area contributed by atoms with Gasteiger partial charge in [-0.1, -0.05) is 18.2 Å². The van der Waals surface area contributed by atoms with Crippen molar-refractivity contribution in [2.75, 3.05) is 28.3 Å². The molecule has 1 N–H and O–H groups in total. The lowest BCUT2D eigenvalue weighted by Gasteiger charge is -2.29. The van der Waals surface area contributed by atoms with E-state index in [2.05, 4.69) is 5.32 Å². The summed E-state index contributed by atoms with van der Waals surface area (Å²) in [6.07, 6.45) is -9.86. The minimum atomic E-state index is -5.02. The Morgan fingerprint density at radius 2 is 1.53 bits per heavy atom. The van der Waals surface area contributed by atoms with Crippen LogP contribution in [0.4, 0.5) is 37.7 Å². The van der Waals surface area contributed by atoms with Crippen molar-refractivity contribution in [3.8, 4) is 0 Å². The minimum Gasteiger partial charge on any atom is -0.376 e. The van der Waals surface area contributed by atoms with Crippen LogP contribution < -0.4 is 10.2 Å². The van der Waals surface area contributed by atoms with E-state index in [1.807, 2.05) is 0 Å². The van der Waals surface area contributed by atoms with E-state index in [0.29, 0.717) is 17.8 Å². The molecule has 1 saturated heterocycles. The van der Waals surface area contributed by atoms with Crippen molar-refractivity contribution in [1.29, 1.82) is 0 Å². The molecule has 0 bridgehead atoms. The Labute approximate surface area is 179 Å². The predicted molar refractivity (Wildman–Crippen MR) is 106 cm³/mol. The first-order chi connectivity index (χ1) is 14.8. The van der Waals surface area contributed by atoms with Gasteiger partial charge in [0.1, 0.15) is 0 Å². The fourth-order valence-corrected chi connectivity index (χ4v) is 5.15. The van der Waals surface area contributed by atoms with Crippen LogP contribution in [0.3, 0.4) is 0 Å². The standard InChI is InChI=1S/C20H18F6N2O3S/c21-19(22,23)13-8-14(20(24,25)26)10-15(9-13)27-11-18(29)28(16-4-2-1-3-5-16)17-6-7-32(30,31)12-17/h1-5,8-10,17,27H,6-7,11-12H2/t17-/m0/s1. The van der Waals surface area contributed by atoms with Crippen molar-refractivity contribution in [3.63, 3.8) is 0 Å². The van der Waals surface area contributed by atoms with Crippen LogP contribution in [0.25, 0.3) is 0 Å². The first-order valence-electron chi connectivity index (χ1n) is 9.37. The zero-order valence-corrected chi connectivity index (χ0v) is 17.2.